The lowest BCUT2D eigenvalue weighted by atomic mass is 9.94. The van der Waals surface area contributed by atoms with Crippen LogP contribution >= 0.6 is 22.6 Å². The van der Waals surface area contributed by atoms with E-state index in [1.54, 1.807) is 6.08 Å². The van der Waals surface area contributed by atoms with Crippen LogP contribution in [0.5, 0.6) is 0 Å². The van der Waals surface area contributed by atoms with Gasteiger partial charge in [0.25, 0.3) is 0 Å². The average Bonchev–Trinajstić information content (AvgIpc) is 2.38. The highest BCUT2D eigenvalue weighted by atomic mass is 127. The third-order valence-corrected chi connectivity index (χ3v) is 3.64. The van der Waals surface area contributed by atoms with E-state index >= 15 is 0 Å². The van der Waals surface area contributed by atoms with Gasteiger partial charge in [-0.3, -0.25) is 4.79 Å². The van der Waals surface area contributed by atoms with Crippen LogP contribution < -0.4 is 5.46 Å². The van der Waals surface area contributed by atoms with Gasteiger partial charge in [0.05, 0.1) is 0 Å². The molecule has 0 aliphatic heterocycles. The Labute approximate surface area is 121 Å². The highest BCUT2D eigenvalue weighted by Gasteiger charge is 2.01. The molecule has 88 valence electrons. The fourth-order valence-corrected chi connectivity index (χ4v) is 2.16. The van der Waals surface area contributed by atoms with Crippen LogP contribution in [0.1, 0.15) is 15.9 Å². The zero-order chi connectivity index (χ0) is 13.0. The van der Waals surface area contributed by atoms with E-state index in [4.69, 9.17) is 0 Å². The van der Waals surface area contributed by atoms with Gasteiger partial charge in [0.2, 0.25) is 0 Å². The van der Waals surface area contributed by atoms with Crippen molar-refractivity contribution in [3.63, 3.8) is 0 Å². The molecule has 0 fully saturated rings. The number of carbonyl (C=O) groups excluding carboxylic acids is 1. The van der Waals surface area contributed by atoms with Crippen molar-refractivity contribution in [3.8, 4) is 0 Å². The number of hydrogen-bond acceptors (Lipinski definition) is 1. The molecule has 0 spiro atoms. The standard InChI is InChI=1S/C15H12BIO/c16-13-8-5-12(6-9-13)15(18)10-7-11-3-1-2-4-14(11)17/h1-10H,16H2. The second-order valence-electron chi connectivity index (χ2n) is 4.09. The van der Waals surface area contributed by atoms with Crippen LogP contribution in [0.3, 0.4) is 0 Å². The van der Waals surface area contributed by atoms with Crippen molar-refractivity contribution in [2.24, 2.45) is 0 Å². The topological polar surface area (TPSA) is 17.1 Å². The number of allylic oxidation sites excluding steroid dienone is 1. The second-order valence-corrected chi connectivity index (χ2v) is 5.25. The lowest BCUT2D eigenvalue weighted by Crippen LogP contribution is -2.03. The Morgan fingerprint density at radius 2 is 1.72 bits per heavy atom. The Morgan fingerprint density at radius 1 is 1.06 bits per heavy atom. The molecule has 1 nitrogen and oxygen atoms in total. The van der Waals surface area contributed by atoms with E-state index in [0.29, 0.717) is 0 Å². The Morgan fingerprint density at radius 3 is 2.39 bits per heavy atom. The van der Waals surface area contributed by atoms with E-state index in [0.717, 1.165) is 20.2 Å². The summed E-state index contributed by atoms with van der Waals surface area (Å²) in [6.07, 6.45) is 3.49. The summed E-state index contributed by atoms with van der Waals surface area (Å²) in [6, 6.07) is 15.6. The first-order valence-electron chi connectivity index (χ1n) is 5.70. The summed E-state index contributed by atoms with van der Waals surface area (Å²) in [5, 5.41) is 0. The van der Waals surface area contributed by atoms with E-state index in [1.165, 1.54) is 0 Å². The quantitative estimate of drug-likeness (QED) is 0.361. The molecule has 0 radical (unpaired) electrons. The Balaban J connectivity index is 2.17. The maximum absolute atomic E-state index is 12.0. The van der Waals surface area contributed by atoms with Gasteiger partial charge in [-0.2, -0.15) is 0 Å². The average molecular weight is 346 g/mol. The van der Waals surface area contributed by atoms with Crippen LogP contribution in [-0.2, 0) is 0 Å². The predicted octanol–water partition coefficient (Wildman–Crippen LogP) is 2.45. The summed E-state index contributed by atoms with van der Waals surface area (Å²) >= 11 is 2.26. The summed E-state index contributed by atoms with van der Waals surface area (Å²) in [5.74, 6) is 0.0367. The van der Waals surface area contributed by atoms with E-state index in [-0.39, 0.29) is 5.78 Å². The normalized spacial score (nSPS) is 10.7. The number of carbonyl (C=O) groups is 1. The van der Waals surface area contributed by atoms with E-state index in [2.05, 4.69) is 22.6 Å². The number of halogens is 1. The second kappa shape index (κ2) is 6.00. The minimum absolute atomic E-state index is 0.0367. The molecule has 0 heterocycles. The van der Waals surface area contributed by atoms with Gasteiger partial charge in [-0.05, 0) is 40.3 Å². The van der Waals surface area contributed by atoms with Crippen molar-refractivity contribution >= 4 is 47.8 Å². The smallest absolute Gasteiger partial charge is 0.185 e. The highest BCUT2D eigenvalue weighted by molar-refractivity contribution is 14.1. The number of rotatable bonds is 3. The monoisotopic (exact) mass is 346 g/mol. The molecule has 0 atom stereocenters. The van der Waals surface area contributed by atoms with Crippen molar-refractivity contribution in [2.45, 2.75) is 0 Å². The summed E-state index contributed by atoms with van der Waals surface area (Å²) in [7, 11) is 2.01. The first-order chi connectivity index (χ1) is 8.66. The van der Waals surface area contributed by atoms with Crippen LogP contribution in [0.25, 0.3) is 6.08 Å². The Bertz CT molecular complexity index is 588. The van der Waals surface area contributed by atoms with Crippen molar-refractivity contribution in [1.29, 1.82) is 0 Å². The van der Waals surface area contributed by atoms with Gasteiger partial charge in [-0.25, -0.2) is 0 Å². The predicted molar refractivity (Wildman–Crippen MR) is 87.1 cm³/mol. The molecule has 2 aromatic carbocycles. The molecule has 18 heavy (non-hydrogen) atoms. The molecular formula is C15H12BIO. The van der Waals surface area contributed by atoms with E-state index < -0.39 is 0 Å². The van der Waals surface area contributed by atoms with Crippen molar-refractivity contribution in [1.82, 2.24) is 0 Å². The minimum atomic E-state index is 0.0367. The molecule has 0 aromatic heterocycles. The molecule has 0 bridgehead atoms. The van der Waals surface area contributed by atoms with Crippen LogP contribution in [0.15, 0.2) is 54.6 Å². The lowest BCUT2D eigenvalue weighted by molar-refractivity contribution is 0.104. The lowest BCUT2D eigenvalue weighted by Gasteiger charge is -1.98. The Kier molecular flexibility index (Phi) is 4.36. The van der Waals surface area contributed by atoms with Gasteiger partial charge < -0.3 is 0 Å². The molecule has 0 aliphatic carbocycles. The van der Waals surface area contributed by atoms with Gasteiger partial charge >= 0.3 is 0 Å². The minimum Gasteiger partial charge on any atom is -0.289 e. The van der Waals surface area contributed by atoms with Crippen LogP contribution in [0.2, 0.25) is 0 Å². The van der Waals surface area contributed by atoms with Crippen LogP contribution in [0.4, 0.5) is 0 Å². The van der Waals surface area contributed by atoms with Crippen molar-refractivity contribution < 1.29 is 4.79 Å². The molecule has 0 amide bonds. The van der Waals surface area contributed by atoms with Crippen molar-refractivity contribution in [3.05, 3.63) is 69.3 Å². The third-order valence-electron chi connectivity index (χ3n) is 2.66. The SMILES string of the molecule is Bc1ccc(C(=O)C=Cc2ccccc2I)cc1. The van der Waals surface area contributed by atoms with Gasteiger partial charge in [0, 0.05) is 9.13 Å². The molecule has 2 rings (SSSR count). The molecular weight excluding hydrogens is 334 g/mol. The zero-order valence-electron chi connectivity index (χ0n) is 10.1. The number of benzene rings is 2. The van der Waals surface area contributed by atoms with Gasteiger partial charge in [-0.15, -0.1) is 0 Å². The molecule has 0 saturated carbocycles. The van der Waals surface area contributed by atoms with Gasteiger partial charge in [-0.1, -0.05) is 54.0 Å². The molecule has 2 aromatic rings. The highest BCUT2D eigenvalue weighted by Crippen LogP contribution is 2.13. The Hall–Kier alpha value is -1.36. The third kappa shape index (κ3) is 3.32. The summed E-state index contributed by atoms with van der Waals surface area (Å²) in [4.78, 5) is 12.0. The van der Waals surface area contributed by atoms with Gasteiger partial charge in [0.15, 0.2) is 5.78 Å². The van der Waals surface area contributed by atoms with Gasteiger partial charge in [0.1, 0.15) is 7.85 Å². The molecule has 0 aliphatic rings. The summed E-state index contributed by atoms with van der Waals surface area (Å²) in [6.45, 7) is 0. The van der Waals surface area contributed by atoms with Crippen molar-refractivity contribution in [2.75, 3.05) is 0 Å². The maximum atomic E-state index is 12.0. The zero-order valence-corrected chi connectivity index (χ0v) is 12.2. The molecule has 0 unspecified atom stereocenters. The molecule has 0 N–H and O–H groups in total. The fraction of sp³-hybridized carbons (Fsp3) is 0. The number of hydrogen-bond donors (Lipinski definition) is 0. The van der Waals surface area contributed by atoms with Crippen LogP contribution in [-0.4, -0.2) is 13.6 Å². The summed E-state index contributed by atoms with van der Waals surface area (Å²) < 4.78 is 1.14. The number of ketones is 1. The summed E-state index contributed by atoms with van der Waals surface area (Å²) in [5.41, 5.74) is 2.95. The first-order valence-corrected chi connectivity index (χ1v) is 6.78. The fourth-order valence-electron chi connectivity index (χ4n) is 1.59. The van der Waals surface area contributed by atoms with E-state index in [1.807, 2.05) is 62.5 Å². The maximum Gasteiger partial charge on any atom is 0.185 e. The first kappa shape index (κ1) is 13.1. The molecule has 0 saturated heterocycles. The largest absolute Gasteiger partial charge is 0.289 e. The van der Waals surface area contributed by atoms with Crippen LogP contribution in [0, 0.1) is 3.57 Å². The molecule has 3 heteroatoms. The van der Waals surface area contributed by atoms with E-state index in [9.17, 15) is 4.79 Å².